The summed E-state index contributed by atoms with van der Waals surface area (Å²) in [6, 6.07) is 19.6. The van der Waals surface area contributed by atoms with E-state index in [1.165, 1.54) is 0 Å². The first-order valence-electron chi connectivity index (χ1n) is 9.45. The van der Waals surface area contributed by atoms with Gasteiger partial charge in [0.25, 0.3) is 0 Å². The maximum atomic E-state index is 13.3. The van der Waals surface area contributed by atoms with Crippen LogP contribution in [0.2, 0.25) is 0 Å². The van der Waals surface area contributed by atoms with Crippen molar-refractivity contribution in [1.82, 2.24) is 4.90 Å². The third kappa shape index (κ3) is 4.44. The smallest absolute Gasteiger partial charge is 0.328 e. The van der Waals surface area contributed by atoms with Crippen LogP contribution in [0.5, 0.6) is 0 Å². The summed E-state index contributed by atoms with van der Waals surface area (Å²) in [5.74, 6) is 0.956. The molecule has 3 rings (SSSR count). The number of para-hydroxylation sites is 2. The fourth-order valence-corrected chi connectivity index (χ4v) is 3.76. The molecule has 0 atom stereocenters. The first kappa shape index (κ1) is 18.5. The van der Waals surface area contributed by atoms with Crippen molar-refractivity contribution >= 4 is 17.4 Å². The van der Waals surface area contributed by atoms with Gasteiger partial charge in [0.15, 0.2) is 0 Å². The molecule has 0 saturated heterocycles. The van der Waals surface area contributed by atoms with Gasteiger partial charge in [-0.1, -0.05) is 36.4 Å². The van der Waals surface area contributed by atoms with Crippen molar-refractivity contribution in [2.75, 3.05) is 25.1 Å². The van der Waals surface area contributed by atoms with Crippen LogP contribution in [0.15, 0.2) is 60.7 Å². The SMILES string of the molecule is CN(C[C@H]1CC[C@H](CO)CC1)C(=O)N(c1ccccc1)c1ccccc1. The molecule has 26 heavy (non-hydrogen) atoms. The summed E-state index contributed by atoms with van der Waals surface area (Å²) in [4.78, 5) is 16.9. The number of amides is 2. The molecule has 0 bridgehead atoms. The zero-order valence-corrected chi connectivity index (χ0v) is 15.4. The van der Waals surface area contributed by atoms with E-state index >= 15 is 0 Å². The molecule has 2 amide bonds. The van der Waals surface area contributed by atoms with Gasteiger partial charge in [0.2, 0.25) is 0 Å². The minimum absolute atomic E-state index is 0.00770. The molecule has 0 aromatic heterocycles. The summed E-state index contributed by atoms with van der Waals surface area (Å²) in [7, 11) is 1.89. The van der Waals surface area contributed by atoms with Crippen LogP contribution >= 0.6 is 0 Å². The fourth-order valence-electron chi connectivity index (χ4n) is 3.76. The first-order valence-corrected chi connectivity index (χ1v) is 9.45. The molecule has 1 N–H and O–H groups in total. The molecular weight excluding hydrogens is 324 g/mol. The van der Waals surface area contributed by atoms with Crippen LogP contribution in [0, 0.1) is 11.8 Å². The zero-order chi connectivity index (χ0) is 18.4. The van der Waals surface area contributed by atoms with Crippen molar-refractivity contribution in [1.29, 1.82) is 0 Å². The van der Waals surface area contributed by atoms with Crippen LogP contribution in [-0.4, -0.2) is 36.2 Å². The number of hydrogen-bond acceptors (Lipinski definition) is 2. The number of aliphatic hydroxyl groups excluding tert-OH is 1. The third-order valence-corrected chi connectivity index (χ3v) is 5.30. The predicted molar refractivity (Wildman–Crippen MR) is 106 cm³/mol. The molecule has 4 heteroatoms. The Labute approximate surface area is 156 Å². The monoisotopic (exact) mass is 352 g/mol. The lowest BCUT2D eigenvalue weighted by Gasteiger charge is -2.33. The van der Waals surface area contributed by atoms with E-state index in [0.29, 0.717) is 11.8 Å². The van der Waals surface area contributed by atoms with E-state index in [1.807, 2.05) is 72.6 Å². The zero-order valence-electron chi connectivity index (χ0n) is 15.4. The highest BCUT2D eigenvalue weighted by Crippen LogP contribution is 2.30. The standard InChI is InChI=1S/C22H28N2O2/c1-23(16-18-12-14-19(17-25)15-13-18)22(26)24(20-8-4-2-5-9-20)21-10-6-3-7-11-21/h2-11,18-19,25H,12-17H2,1H3/t18-,19-. The molecule has 0 aliphatic heterocycles. The first-order chi connectivity index (χ1) is 12.7. The lowest BCUT2D eigenvalue weighted by Crippen LogP contribution is -2.41. The van der Waals surface area contributed by atoms with Crippen LogP contribution in [-0.2, 0) is 0 Å². The van der Waals surface area contributed by atoms with Crippen LogP contribution in [0.25, 0.3) is 0 Å². The van der Waals surface area contributed by atoms with E-state index in [1.54, 1.807) is 4.90 Å². The van der Waals surface area contributed by atoms with E-state index in [-0.39, 0.29) is 12.6 Å². The fraction of sp³-hybridized carbons (Fsp3) is 0.409. The molecule has 4 nitrogen and oxygen atoms in total. The van der Waals surface area contributed by atoms with Gasteiger partial charge in [-0.25, -0.2) is 4.79 Å². The highest BCUT2D eigenvalue weighted by Gasteiger charge is 2.26. The van der Waals surface area contributed by atoms with E-state index in [4.69, 9.17) is 0 Å². The molecule has 138 valence electrons. The van der Waals surface area contributed by atoms with Gasteiger partial charge in [-0.2, -0.15) is 0 Å². The van der Waals surface area contributed by atoms with Crippen LogP contribution in [0.3, 0.4) is 0 Å². The van der Waals surface area contributed by atoms with Crippen LogP contribution < -0.4 is 4.90 Å². The number of rotatable bonds is 5. The third-order valence-electron chi connectivity index (χ3n) is 5.30. The van der Waals surface area contributed by atoms with Crippen molar-refractivity contribution in [2.45, 2.75) is 25.7 Å². The number of carbonyl (C=O) groups is 1. The normalized spacial score (nSPS) is 19.8. The number of benzene rings is 2. The molecule has 1 aliphatic rings. The Morgan fingerprint density at radius 3 is 1.81 bits per heavy atom. The summed E-state index contributed by atoms with van der Waals surface area (Å²) in [5, 5.41) is 9.30. The molecule has 0 unspecified atom stereocenters. The van der Waals surface area contributed by atoms with Crippen LogP contribution in [0.4, 0.5) is 16.2 Å². The number of hydrogen-bond donors (Lipinski definition) is 1. The van der Waals surface area contributed by atoms with Gasteiger partial charge in [0, 0.05) is 20.2 Å². The van der Waals surface area contributed by atoms with Gasteiger partial charge in [0.1, 0.15) is 0 Å². The number of urea groups is 1. The van der Waals surface area contributed by atoms with Crippen molar-refractivity contribution in [3.8, 4) is 0 Å². The second kappa shape index (κ2) is 8.86. The summed E-state index contributed by atoms with van der Waals surface area (Å²) in [6.45, 7) is 1.05. The Hall–Kier alpha value is -2.33. The van der Waals surface area contributed by atoms with Crippen LogP contribution in [0.1, 0.15) is 25.7 Å². The Morgan fingerprint density at radius 2 is 1.35 bits per heavy atom. The number of aliphatic hydroxyl groups is 1. The summed E-state index contributed by atoms with van der Waals surface area (Å²) in [6.07, 6.45) is 4.29. The molecule has 2 aromatic carbocycles. The van der Waals surface area contributed by atoms with Gasteiger partial charge in [-0.05, 0) is 61.8 Å². The second-order valence-corrected chi connectivity index (χ2v) is 7.24. The molecular formula is C22H28N2O2. The van der Waals surface area contributed by atoms with Crippen molar-refractivity contribution in [3.63, 3.8) is 0 Å². The summed E-state index contributed by atoms with van der Waals surface area (Å²) in [5.41, 5.74) is 1.75. The Kier molecular flexibility index (Phi) is 6.29. The lowest BCUT2D eigenvalue weighted by molar-refractivity contribution is 0.151. The molecule has 1 fully saturated rings. The number of nitrogens with zero attached hydrogens (tertiary/aromatic N) is 2. The van der Waals surface area contributed by atoms with Crippen molar-refractivity contribution < 1.29 is 9.90 Å². The van der Waals surface area contributed by atoms with E-state index in [0.717, 1.165) is 43.6 Å². The average molecular weight is 352 g/mol. The molecule has 1 saturated carbocycles. The topological polar surface area (TPSA) is 43.8 Å². The molecule has 2 aromatic rings. The van der Waals surface area contributed by atoms with E-state index in [9.17, 15) is 9.90 Å². The summed E-state index contributed by atoms with van der Waals surface area (Å²) < 4.78 is 0. The number of anilines is 2. The Balaban J connectivity index is 1.73. The van der Waals surface area contributed by atoms with Crippen molar-refractivity contribution in [2.24, 2.45) is 11.8 Å². The minimum atomic E-state index is -0.00770. The van der Waals surface area contributed by atoms with E-state index in [2.05, 4.69) is 0 Å². The maximum absolute atomic E-state index is 13.3. The Bertz CT molecular complexity index is 642. The van der Waals surface area contributed by atoms with E-state index < -0.39 is 0 Å². The molecule has 0 spiro atoms. The second-order valence-electron chi connectivity index (χ2n) is 7.24. The quantitative estimate of drug-likeness (QED) is 0.849. The van der Waals surface area contributed by atoms with Crippen molar-refractivity contribution in [3.05, 3.63) is 60.7 Å². The largest absolute Gasteiger partial charge is 0.396 e. The summed E-state index contributed by atoms with van der Waals surface area (Å²) >= 11 is 0. The molecule has 1 aliphatic carbocycles. The predicted octanol–water partition coefficient (Wildman–Crippen LogP) is 4.68. The number of carbonyl (C=O) groups excluding carboxylic acids is 1. The highest BCUT2D eigenvalue weighted by atomic mass is 16.3. The highest BCUT2D eigenvalue weighted by molar-refractivity contribution is 5.99. The minimum Gasteiger partial charge on any atom is -0.396 e. The van der Waals surface area contributed by atoms with Gasteiger partial charge in [-0.3, -0.25) is 4.90 Å². The van der Waals surface area contributed by atoms with Gasteiger partial charge in [-0.15, -0.1) is 0 Å². The van der Waals surface area contributed by atoms with Gasteiger partial charge in [0.05, 0.1) is 11.4 Å². The maximum Gasteiger partial charge on any atom is 0.328 e. The molecule has 0 radical (unpaired) electrons. The van der Waals surface area contributed by atoms with Gasteiger partial charge >= 0.3 is 6.03 Å². The Morgan fingerprint density at radius 1 is 0.885 bits per heavy atom. The van der Waals surface area contributed by atoms with Gasteiger partial charge < -0.3 is 10.0 Å². The average Bonchev–Trinajstić information content (AvgIpc) is 2.70. The molecule has 0 heterocycles. The lowest BCUT2D eigenvalue weighted by atomic mass is 9.82.